The first-order valence-electron chi connectivity index (χ1n) is 8.78. The number of ketones is 1. The summed E-state index contributed by atoms with van der Waals surface area (Å²) < 4.78 is 13.1. The number of carbonyl (C=O) groups excluding carboxylic acids is 2. The number of amides is 1. The number of thiazole rings is 1. The van der Waals surface area contributed by atoms with Gasteiger partial charge in [-0.05, 0) is 49.3 Å². The van der Waals surface area contributed by atoms with E-state index in [1.807, 2.05) is 0 Å². The molecule has 1 heterocycles. The number of halogens is 1. The summed E-state index contributed by atoms with van der Waals surface area (Å²) >= 11 is 1.31. The van der Waals surface area contributed by atoms with E-state index in [2.05, 4.69) is 4.98 Å². The van der Waals surface area contributed by atoms with Gasteiger partial charge in [-0.15, -0.1) is 11.3 Å². The summed E-state index contributed by atoms with van der Waals surface area (Å²) in [4.78, 5) is 30.2. The smallest absolute Gasteiger partial charge is 0.230 e. The van der Waals surface area contributed by atoms with Crippen LogP contribution in [-0.4, -0.2) is 16.7 Å². The molecule has 0 aliphatic heterocycles. The number of carbonyl (C=O) groups is 2. The van der Waals surface area contributed by atoms with Gasteiger partial charge in [-0.2, -0.15) is 0 Å². The average Bonchev–Trinajstić information content (AvgIpc) is 3.10. The van der Waals surface area contributed by atoms with E-state index in [9.17, 15) is 14.0 Å². The number of allylic oxidation sites excluding steroid dienone is 1. The van der Waals surface area contributed by atoms with Crippen LogP contribution >= 0.6 is 11.3 Å². The fourth-order valence-electron chi connectivity index (χ4n) is 3.16. The van der Waals surface area contributed by atoms with Gasteiger partial charge in [-0.1, -0.05) is 19.3 Å². The van der Waals surface area contributed by atoms with Crippen molar-refractivity contribution in [3.05, 3.63) is 47.2 Å². The molecule has 1 amide bonds. The first-order valence-corrected chi connectivity index (χ1v) is 9.66. The minimum Gasteiger partial charge on any atom is -0.295 e. The van der Waals surface area contributed by atoms with E-state index in [0.29, 0.717) is 16.5 Å². The van der Waals surface area contributed by atoms with Gasteiger partial charge in [0.2, 0.25) is 5.91 Å². The number of rotatable bonds is 5. The second-order valence-electron chi connectivity index (χ2n) is 6.46. The zero-order valence-corrected chi connectivity index (χ0v) is 15.5. The molecule has 6 heteroatoms. The van der Waals surface area contributed by atoms with Crippen molar-refractivity contribution in [1.82, 2.24) is 4.98 Å². The van der Waals surface area contributed by atoms with Crippen molar-refractivity contribution in [2.45, 2.75) is 39.0 Å². The Kier molecular flexibility index (Phi) is 5.93. The molecule has 0 N–H and O–H groups in total. The molecular formula is C20H21FN2O2S. The van der Waals surface area contributed by atoms with Gasteiger partial charge in [0, 0.05) is 18.2 Å². The third-order valence-electron chi connectivity index (χ3n) is 4.53. The molecule has 1 aromatic heterocycles. The van der Waals surface area contributed by atoms with Crippen LogP contribution in [0.5, 0.6) is 0 Å². The summed E-state index contributed by atoms with van der Waals surface area (Å²) in [5, 5.41) is 2.30. The summed E-state index contributed by atoms with van der Waals surface area (Å²) in [6.45, 7) is 1.44. The third kappa shape index (κ3) is 4.43. The van der Waals surface area contributed by atoms with E-state index < -0.39 is 0 Å². The van der Waals surface area contributed by atoms with Gasteiger partial charge in [-0.25, -0.2) is 9.37 Å². The Morgan fingerprint density at radius 3 is 2.54 bits per heavy atom. The maximum Gasteiger partial charge on any atom is 0.230 e. The van der Waals surface area contributed by atoms with Crippen LogP contribution in [0.25, 0.3) is 6.08 Å². The second kappa shape index (κ2) is 8.36. The van der Waals surface area contributed by atoms with Gasteiger partial charge in [0.15, 0.2) is 10.9 Å². The van der Waals surface area contributed by atoms with E-state index in [1.165, 1.54) is 41.7 Å². The molecule has 1 aliphatic carbocycles. The molecule has 136 valence electrons. The topological polar surface area (TPSA) is 50.3 Å². The van der Waals surface area contributed by atoms with Crippen LogP contribution in [0.2, 0.25) is 0 Å². The van der Waals surface area contributed by atoms with Crippen LogP contribution < -0.4 is 4.90 Å². The normalized spacial score (nSPS) is 15.3. The lowest BCUT2D eigenvalue weighted by atomic mass is 9.86. The van der Waals surface area contributed by atoms with Gasteiger partial charge < -0.3 is 0 Å². The quantitative estimate of drug-likeness (QED) is 0.684. The maximum absolute atomic E-state index is 13.1. The SMILES string of the molecule is CC(=O)N(c1ccc(F)cc1)c1nc(C=CC(=O)C2CCCCC2)cs1. The molecule has 0 radical (unpaired) electrons. The fraction of sp³-hybridized carbons (Fsp3) is 0.350. The Labute approximate surface area is 156 Å². The lowest BCUT2D eigenvalue weighted by Gasteiger charge is -2.18. The molecule has 26 heavy (non-hydrogen) atoms. The van der Waals surface area contributed by atoms with Crippen molar-refractivity contribution in [3.8, 4) is 0 Å². The maximum atomic E-state index is 13.1. The zero-order chi connectivity index (χ0) is 18.5. The van der Waals surface area contributed by atoms with Gasteiger partial charge in [0.05, 0.1) is 11.4 Å². The number of nitrogens with zero attached hydrogens (tertiary/aromatic N) is 2. The number of hydrogen-bond donors (Lipinski definition) is 0. The summed E-state index contributed by atoms with van der Waals surface area (Å²) in [6, 6.07) is 5.70. The molecule has 0 atom stereocenters. The van der Waals surface area contributed by atoms with Crippen LogP contribution in [0.3, 0.4) is 0 Å². The van der Waals surface area contributed by atoms with E-state index >= 15 is 0 Å². The fourth-order valence-corrected chi connectivity index (χ4v) is 4.02. The highest BCUT2D eigenvalue weighted by Gasteiger charge is 2.20. The highest BCUT2D eigenvalue weighted by atomic mass is 32.1. The Morgan fingerprint density at radius 1 is 1.19 bits per heavy atom. The van der Waals surface area contributed by atoms with Crippen molar-refractivity contribution in [2.75, 3.05) is 4.90 Å². The molecule has 0 unspecified atom stereocenters. The van der Waals surface area contributed by atoms with Crippen LogP contribution in [0.15, 0.2) is 35.7 Å². The van der Waals surface area contributed by atoms with Crippen molar-refractivity contribution < 1.29 is 14.0 Å². The highest BCUT2D eigenvalue weighted by Crippen LogP contribution is 2.30. The molecule has 1 aliphatic rings. The van der Waals surface area contributed by atoms with Crippen molar-refractivity contribution in [1.29, 1.82) is 0 Å². The lowest BCUT2D eigenvalue weighted by molar-refractivity contribution is -0.119. The summed E-state index contributed by atoms with van der Waals surface area (Å²) in [5.41, 5.74) is 1.20. The predicted molar refractivity (Wildman–Crippen MR) is 102 cm³/mol. The number of anilines is 2. The molecule has 0 bridgehead atoms. The zero-order valence-electron chi connectivity index (χ0n) is 14.7. The van der Waals surface area contributed by atoms with E-state index in [1.54, 1.807) is 29.7 Å². The molecule has 1 fully saturated rings. The summed E-state index contributed by atoms with van der Waals surface area (Å²) in [7, 11) is 0. The lowest BCUT2D eigenvalue weighted by Crippen LogP contribution is -2.22. The van der Waals surface area contributed by atoms with Crippen LogP contribution in [0.1, 0.15) is 44.7 Å². The first kappa shape index (κ1) is 18.5. The number of aromatic nitrogens is 1. The van der Waals surface area contributed by atoms with Crippen molar-refractivity contribution in [3.63, 3.8) is 0 Å². The average molecular weight is 372 g/mol. The summed E-state index contributed by atoms with van der Waals surface area (Å²) in [5.74, 6) is -0.284. The highest BCUT2D eigenvalue weighted by molar-refractivity contribution is 7.14. The van der Waals surface area contributed by atoms with E-state index in [4.69, 9.17) is 0 Å². The molecule has 4 nitrogen and oxygen atoms in total. The van der Waals surface area contributed by atoms with Gasteiger partial charge in [0.1, 0.15) is 5.82 Å². The molecule has 3 rings (SSSR count). The second-order valence-corrected chi connectivity index (χ2v) is 7.29. The van der Waals surface area contributed by atoms with Crippen molar-refractivity contribution >= 4 is 39.9 Å². The minimum absolute atomic E-state index is 0.131. The molecule has 1 aromatic carbocycles. The standard InChI is InChI=1S/C20H21FN2O2S/c1-14(24)23(18-10-7-16(21)8-11-18)20-22-17(13-26-20)9-12-19(25)15-5-3-2-4-6-15/h7-13,15H,2-6H2,1H3. The molecule has 0 saturated heterocycles. The van der Waals surface area contributed by atoms with E-state index in [-0.39, 0.29) is 23.4 Å². The summed E-state index contributed by atoms with van der Waals surface area (Å²) in [6.07, 6.45) is 8.70. The monoisotopic (exact) mass is 372 g/mol. The Balaban J connectivity index is 1.74. The third-order valence-corrected chi connectivity index (χ3v) is 5.37. The largest absolute Gasteiger partial charge is 0.295 e. The van der Waals surface area contributed by atoms with Gasteiger partial charge in [0.25, 0.3) is 0 Å². The van der Waals surface area contributed by atoms with Gasteiger partial charge in [-0.3, -0.25) is 14.5 Å². The molecular weight excluding hydrogens is 351 g/mol. The van der Waals surface area contributed by atoms with Crippen LogP contribution in [0.4, 0.5) is 15.2 Å². The van der Waals surface area contributed by atoms with Crippen LogP contribution in [-0.2, 0) is 9.59 Å². The predicted octanol–water partition coefficient (Wildman–Crippen LogP) is 5.13. The van der Waals surface area contributed by atoms with Crippen molar-refractivity contribution in [2.24, 2.45) is 5.92 Å². The Morgan fingerprint density at radius 2 is 1.88 bits per heavy atom. The number of benzene rings is 1. The van der Waals surface area contributed by atoms with E-state index in [0.717, 1.165) is 25.7 Å². The number of hydrogen-bond acceptors (Lipinski definition) is 4. The molecule has 1 saturated carbocycles. The molecule has 2 aromatic rings. The minimum atomic E-state index is -0.360. The molecule has 0 spiro atoms. The Hall–Kier alpha value is -2.34. The Bertz CT molecular complexity index is 807. The van der Waals surface area contributed by atoms with Crippen LogP contribution in [0, 0.1) is 11.7 Å². The van der Waals surface area contributed by atoms with Gasteiger partial charge >= 0.3 is 0 Å². The first-order chi connectivity index (χ1) is 12.5.